The summed E-state index contributed by atoms with van der Waals surface area (Å²) in [7, 11) is 0. The van der Waals surface area contributed by atoms with Gasteiger partial charge in [0.2, 0.25) is 0 Å². The maximum Gasteiger partial charge on any atom is 0.142 e. The molecule has 14 heavy (non-hydrogen) atoms. The molecule has 1 aromatic carbocycles. The van der Waals surface area contributed by atoms with Gasteiger partial charge in [0, 0.05) is 5.92 Å². The molecule has 0 saturated heterocycles. The second kappa shape index (κ2) is 4.22. The second-order valence-electron chi connectivity index (χ2n) is 3.39. The Kier molecular flexibility index (Phi) is 2.77. The Bertz CT molecular complexity index is 317. The van der Waals surface area contributed by atoms with Gasteiger partial charge in [0.15, 0.2) is 0 Å². The summed E-state index contributed by atoms with van der Waals surface area (Å²) < 4.78 is 12.5. The molecule has 1 fully saturated rings. The van der Waals surface area contributed by atoms with Crippen LogP contribution in [0.3, 0.4) is 0 Å². The van der Waals surface area contributed by atoms with Crippen LogP contribution < -0.4 is 0 Å². The molecular weight excluding hydrogens is 181 g/mol. The van der Waals surface area contributed by atoms with Crippen LogP contribution in [-0.2, 0) is 11.4 Å². The predicted octanol–water partition coefficient (Wildman–Crippen LogP) is 2.62. The van der Waals surface area contributed by atoms with Crippen molar-refractivity contribution >= 4 is 6.21 Å². The van der Waals surface area contributed by atoms with Gasteiger partial charge < -0.3 is 4.84 Å². The van der Waals surface area contributed by atoms with Gasteiger partial charge in [-0.15, -0.1) is 0 Å². The number of benzene rings is 1. The van der Waals surface area contributed by atoms with Crippen LogP contribution in [0.1, 0.15) is 18.4 Å². The van der Waals surface area contributed by atoms with Crippen molar-refractivity contribution in [3.63, 3.8) is 0 Å². The van der Waals surface area contributed by atoms with E-state index >= 15 is 0 Å². The van der Waals surface area contributed by atoms with Crippen LogP contribution in [0.25, 0.3) is 0 Å². The maximum atomic E-state index is 12.5. The summed E-state index contributed by atoms with van der Waals surface area (Å²) in [5, 5.41) is 3.71. The van der Waals surface area contributed by atoms with E-state index in [1.54, 1.807) is 12.1 Å². The van der Waals surface area contributed by atoms with E-state index in [0.29, 0.717) is 12.5 Å². The van der Waals surface area contributed by atoms with Crippen molar-refractivity contribution in [1.29, 1.82) is 0 Å². The number of rotatable bonds is 4. The quantitative estimate of drug-likeness (QED) is 0.530. The lowest BCUT2D eigenvalue weighted by atomic mass is 10.2. The van der Waals surface area contributed by atoms with Crippen LogP contribution >= 0.6 is 0 Å². The molecule has 0 amide bonds. The van der Waals surface area contributed by atoms with Gasteiger partial charge >= 0.3 is 0 Å². The number of hydrogen-bond acceptors (Lipinski definition) is 2. The van der Waals surface area contributed by atoms with E-state index in [1.165, 1.54) is 25.0 Å². The highest BCUT2D eigenvalue weighted by atomic mass is 19.1. The van der Waals surface area contributed by atoms with E-state index in [1.807, 2.05) is 0 Å². The van der Waals surface area contributed by atoms with Gasteiger partial charge in [0.1, 0.15) is 18.6 Å². The highest BCUT2D eigenvalue weighted by molar-refractivity contribution is 5.62. The molecule has 1 radical (unpaired) electrons. The van der Waals surface area contributed by atoms with Crippen LogP contribution in [0.15, 0.2) is 29.4 Å². The van der Waals surface area contributed by atoms with Crippen molar-refractivity contribution in [2.24, 2.45) is 11.1 Å². The van der Waals surface area contributed by atoms with E-state index in [-0.39, 0.29) is 5.82 Å². The lowest BCUT2D eigenvalue weighted by molar-refractivity contribution is 0.131. The van der Waals surface area contributed by atoms with E-state index in [2.05, 4.69) is 11.4 Å². The van der Waals surface area contributed by atoms with Gasteiger partial charge in [-0.1, -0.05) is 17.3 Å². The normalized spacial score (nSPS) is 16.1. The van der Waals surface area contributed by atoms with E-state index in [4.69, 9.17) is 4.84 Å². The summed E-state index contributed by atoms with van der Waals surface area (Å²) in [4.78, 5) is 5.00. The Morgan fingerprint density at radius 2 is 2.07 bits per heavy atom. The topological polar surface area (TPSA) is 21.6 Å². The molecule has 0 aliphatic heterocycles. The summed E-state index contributed by atoms with van der Waals surface area (Å²) >= 11 is 0. The molecule has 0 aromatic heterocycles. The van der Waals surface area contributed by atoms with Crippen LogP contribution in [-0.4, -0.2) is 6.21 Å². The van der Waals surface area contributed by atoms with Gasteiger partial charge in [-0.2, -0.15) is 0 Å². The first-order valence-electron chi connectivity index (χ1n) is 4.66. The smallest absolute Gasteiger partial charge is 0.142 e. The second-order valence-corrected chi connectivity index (χ2v) is 3.39. The molecule has 0 N–H and O–H groups in total. The minimum absolute atomic E-state index is 0.234. The van der Waals surface area contributed by atoms with Crippen molar-refractivity contribution in [3.05, 3.63) is 35.6 Å². The van der Waals surface area contributed by atoms with Crippen LogP contribution in [0.5, 0.6) is 0 Å². The fourth-order valence-corrected chi connectivity index (χ4v) is 1.01. The molecule has 1 aliphatic rings. The highest BCUT2D eigenvalue weighted by Gasteiger charge is 2.19. The fraction of sp³-hybridized carbons (Fsp3) is 0.364. The largest absolute Gasteiger partial charge is 0.391 e. The van der Waals surface area contributed by atoms with Crippen LogP contribution in [0.2, 0.25) is 0 Å². The number of nitrogens with zero attached hydrogens (tertiary/aromatic N) is 1. The molecule has 2 rings (SSSR count). The van der Waals surface area contributed by atoms with Gasteiger partial charge in [0.05, 0.1) is 0 Å². The Labute approximate surface area is 82.4 Å². The van der Waals surface area contributed by atoms with Gasteiger partial charge in [-0.3, -0.25) is 0 Å². The Balaban J connectivity index is 1.76. The zero-order valence-corrected chi connectivity index (χ0v) is 7.74. The molecule has 73 valence electrons. The summed E-state index contributed by atoms with van der Waals surface area (Å²) in [6.45, 7) is 0.375. The third-order valence-electron chi connectivity index (χ3n) is 2.02. The number of hydrogen-bond donors (Lipinski definition) is 0. The highest BCUT2D eigenvalue weighted by Crippen LogP contribution is 2.26. The molecule has 2 nitrogen and oxygen atoms in total. The van der Waals surface area contributed by atoms with Crippen molar-refractivity contribution in [2.45, 2.75) is 19.4 Å². The van der Waals surface area contributed by atoms with E-state index in [9.17, 15) is 4.39 Å². The monoisotopic (exact) mass is 192 g/mol. The molecule has 0 heterocycles. The minimum Gasteiger partial charge on any atom is -0.391 e. The van der Waals surface area contributed by atoms with Crippen molar-refractivity contribution in [1.82, 2.24) is 0 Å². The Morgan fingerprint density at radius 3 is 2.71 bits per heavy atom. The molecule has 0 atom stereocenters. The SMILES string of the molecule is Fc1ccc(CO/N=[C]\C2CC2)cc1. The lowest BCUT2D eigenvalue weighted by Gasteiger charge is -1.98. The van der Waals surface area contributed by atoms with Crippen LogP contribution in [0.4, 0.5) is 4.39 Å². The molecule has 1 aromatic rings. The maximum absolute atomic E-state index is 12.5. The van der Waals surface area contributed by atoms with E-state index < -0.39 is 0 Å². The summed E-state index contributed by atoms with van der Waals surface area (Å²) in [5.74, 6) is 0.269. The Hall–Kier alpha value is -1.38. The van der Waals surface area contributed by atoms with Crippen molar-refractivity contribution in [3.8, 4) is 0 Å². The third-order valence-corrected chi connectivity index (χ3v) is 2.02. The van der Waals surface area contributed by atoms with Gasteiger partial charge in [-0.05, 0) is 30.5 Å². The third kappa shape index (κ3) is 2.83. The minimum atomic E-state index is -0.234. The summed E-state index contributed by atoms with van der Waals surface area (Å²) in [5.41, 5.74) is 0.910. The zero-order chi connectivity index (χ0) is 9.80. The first kappa shape index (κ1) is 9.19. The molecule has 0 spiro atoms. The summed E-state index contributed by atoms with van der Waals surface area (Å²) in [6.07, 6.45) is 5.21. The lowest BCUT2D eigenvalue weighted by Crippen LogP contribution is -1.88. The standard InChI is InChI=1S/C11H11FNO/c12-11-5-3-10(4-6-11)8-14-13-7-9-1-2-9/h3-6,9H,1-2,8H2. The average Bonchev–Trinajstić information content (AvgIpc) is 2.99. The Morgan fingerprint density at radius 1 is 1.36 bits per heavy atom. The van der Waals surface area contributed by atoms with Crippen molar-refractivity contribution in [2.75, 3.05) is 0 Å². The average molecular weight is 192 g/mol. The molecule has 1 saturated carbocycles. The fourth-order valence-electron chi connectivity index (χ4n) is 1.01. The van der Waals surface area contributed by atoms with Gasteiger partial charge in [0.25, 0.3) is 0 Å². The summed E-state index contributed by atoms with van der Waals surface area (Å²) in [6, 6.07) is 6.18. The molecule has 0 bridgehead atoms. The molecular formula is C11H11FNO. The molecule has 1 aliphatic carbocycles. The van der Waals surface area contributed by atoms with E-state index in [0.717, 1.165) is 5.56 Å². The molecule has 0 unspecified atom stereocenters. The predicted molar refractivity (Wildman–Crippen MR) is 51.3 cm³/mol. The van der Waals surface area contributed by atoms with Crippen LogP contribution in [0, 0.1) is 11.7 Å². The number of halogens is 1. The van der Waals surface area contributed by atoms with Crippen molar-refractivity contribution < 1.29 is 9.23 Å². The zero-order valence-electron chi connectivity index (χ0n) is 7.74. The first-order chi connectivity index (χ1) is 6.84. The molecule has 3 heteroatoms. The first-order valence-corrected chi connectivity index (χ1v) is 4.66. The van der Waals surface area contributed by atoms with Gasteiger partial charge in [-0.25, -0.2) is 4.39 Å².